The zero-order valence-corrected chi connectivity index (χ0v) is 21.8. The van der Waals surface area contributed by atoms with Crippen LogP contribution in [0.3, 0.4) is 0 Å². The predicted octanol–water partition coefficient (Wildman–Crippen LogP) is 4.43. The molecule has 194 valence electrons. The number of hydrogen-bond acceptors (Lipinski definition) is 7. The number of aryl methyl sites for hydroxylation is 2. The van der Waals surface area contributed by atoms with E-state index < -0.39 is 0 Å². The first-order valence-corrected chi connectivity index (χ1v) is 13.1. The molecular formula is C30H32N6O2. The Labute approximate surface area is 223 Å². The van der Waals surface area contributed by atoms with Gasteiger partial charge in [-0.3, -0.25) is 9.80 Å². The van der Waals surface area contributed by atoms with Crippen LogP contribution in [0.5, 0.6) is 11.5 Å². The minimum atomic E-state index is -0.178. The maximum atomic E-state index is 5.96. The fourth-order valence-corrected chi connectivity index (χ4v) is 5.44. The molecule has 0 amide bonds. The van der Waals surface area contributed by atoms with Gasteiger partial charge in [0.25, 0.3) is 0 Å². The number of tetrazole rings is 1. The van der Waals surface area contributed by atoms with Gasteiger partial charge < -0.3 is 9.47 Å². The minimum absolute atomic E-state index is 0.178. The normalized spacial score (nSPS) is 16.8. The number of piperazine rings is 1. The molecule has 1 fully saturated rings. The number of fused-ring (bicyclic) bond motifs is 1. The molecule has 0 radical (unpaired) electrons. The zero-order chi connectivity index (χ0) is 25.9. The van der Waals surface area contributed by atoms with E-state index in [1.807, 2.05) is 22.9 Å². The molecule has 6 rings (SSSR count). The first-order valence-electron chi connectivity index (χ1n) is 13.1. The second-order valence-electron chi connectivity index (χ2n) is 9.82. The van der Waals surface area contributed by atoms with Crippen molar-refractivity contribution in [3.05, 3.63) is 101 Å². The Hall–Kier alpha value is -4.01. The molecule has 2 aliphatic rings. The Bertz CT molecular complexity index is 1410. The van der Waals surface area contributed by atoms with E-state index in [1.54, 1.807) is 0 Å². The highest BCUT2D eigenvalue weighted by Crippen LogP contribution is 2.42. The van der Waals surface area contributed by atoms with Gasteiger partial charge in [0.05, 0.1) is 5.69 Å². The van der Waals surface area contributed by atoms with Gasteiger partial charge >= 0.3 is 0 Å². The van der Waals surface area contributed by atoms with Crippen molar-refractivity contribution in [2.75, 3.05) is 39.5 Å². The van der Waals surface area contributed by atoms with Gasteiger partial charge in [-0.2, -0.15) is 4.68 Å². The maximum Gasteiger partial charge on any atom is 0.231 e. The van der Waals surface area contributed by atoms with E-state index in [0.29, 0.717) is 0 Å². The molecule has 0 N–H and O–H groups in total. The summed E-state index contributed by atoms with van der Waals surface area (Å²) >= 11 is 0. The lowest BCUT2D eigenvalue weighted by molar-refractivity contribution is 0.111. The van der Waals surface area contributed by atoms with Crippen LogP contribution in [0.2, 0.25) is 0 Å². The van der Waals surface area contributed by atoms with Crippen LogP contribution >= 0.6 is 0 Å². The van der Waals surface area contributed by atoms with Crippen LogP contribution < -0.4 is 9.47 Å². The Balaban J connectivity index is 1.29. The van der Waals surface area contributed by atoms with Gasteiger partial charge in [-0.25, -0.2) is 0 Å². The van der Waals surface area contributed by atoms with Crippen molar-refractivity contribution in [1.82, 2.24) is 30.0 Å². The Morgan fingerprint density at radius 1 is 0.868 bits per heavy atom. The smallest absolute Gasteiger partial charge is 0.231 e. The summed E-state index contributed by atoms with van der Waals surface area (Å²) < 4.78 is 13.6. The summed E-state index contributed by atoms with van der Waals surface area (Å²) in [7, 11) is 0. The Morgan fingerprint density at radius 2 is 1.63 bits per heavy atom. The van der Waals surface area contributed by atoms with E-state index in [2.05, 4.69) is 99.9 Å². The molecule has 1 unspecified atom stereocenters. The zero-order valence-electron chi connectivity index (χ0n) is 21.8. The summed E-state index contributed by atoms with van der Waals surface area (Å²) in [5.41, 5.74) is 5.53. The predicted molar refractivity (Wildman–Crippen MR) is 147 cm³/mol. The molecule has 3 heterocycles. The third kappa shape index (κ3) is 4.80. The summed E-state index contributed by atoms with van der Waals surface area (Å²) in [6, 6.07) is 22.6. The highest BCUT2D eigenvalue weighted by Gasteiger charge is 2.35. The third-order valence-electron chi connectivity index (χ3n) is 7.36. The number of benzene rings is 3. The number of aromatic nitrogens is 4. The number of nitrogens with zero attached hydrogens (tertiary/aromatic N) is 6. The van der Waals surface area contributed by atoms with Crippen LogP contribution in [0.15, 0.2) is 72.8 Å². The lowest BCUT2D eigenvalue weighted by Crippen LogP contribution is -2.48. The van der Waals surface area contributed by atoms with E-state index >= 15 is 0 Å². The average Bonchev–Trinajstić information content (AvgIpc) is 3.61. The van der Waals surface area contributed by atoms with E-state index in [-0.39, 0.29) is 12.8 Å². The molecule has 1 aromatic heterocycles. The quantitative estimate of drug-likeness (QED) is 0.366. The van der Waals surface area contributed by atoms with Crippen LogP contribution in [0, 0.1) is 13.8 Å². The number of rotatable bonds is 7. The summed E-state index contributed by atoms with van der Waals surface area (Å²) in [4.78, 5) is 4.95. The second-order valence-corrected chi connectivity index (χ2v) is 9.82. The molecule has 0 spiro atoms. The van der Waals surface area contributed by atoms with Crippen molar-refractivity contribution >= 4 is 6.08 Å². The van der Waals surface area contributed by atoms with E-state index in [0.717, 1.165) is 72.4 Å². The molecule has 0 saturated carbocycles. The molecule has 1 atom stereocenters. The van der Waals surface area contributed by atoms with E-state index in [1.165, 1.54) is 5.56 Å². The van der Waals surface area contributed by atoms with Gasteiger partial charge in [-0.1, -0.05) is 72.8 Å². The lowest BCUT2D eigenvalue weighted by atomic mass is 10.0. The van der Waals surface area contributed by atoms with Crippen molar-refractivity contribution in [3.63, 3.8) is 0 Å². The van der Waals surface area contributed by atoms with Crippen LogP contribution in [0.4, 0.5) is 0 Å². The minimum Gasteiger partial charge on any atom is -0.454 e. The molecule has 0 aliphatic carbocycles. The van der Waals surface area contributed by atoms with Crippen molar-refractivity contribution < 1.29 is 9.47 Å². The van der Waals surface area contributed by atoms with Crippen LogP contribution in [0.1, 0.15) is 34.1 Å². The topological polar surface area (TPSA) is 68.5 Å². The Morgan fingerprint density at radius 3 is 2.42 bits per heavy atom. The monoisotopic (exact) mass is 508 g/mol. The summed E-state index contributed by atoms with van der Waals surface area (Å²) in [6.45, 7) is 9.01. The fourth-order valence-electron chi connectivity index (χ4n) is 5.44. The molecule has 2 aliphatic heterocycles. The molecule has 38 heavy (non-hydrogen) atoms. The van der Waals surface area contributed by atoms with Gasteiger partial charge in [0.15, 0.2) is 17.3 Å². The molecule has 0 bridgehead atoms. The van der Waals surface area contributed by atoms with Gasteiger partial charge in [-0.15, -0.1) is 5.10 Å². The Kier molecular flexibility index (Phi) is 6.90. The van der Waals surface area contributed by atoms with Gasteiger partial charge in [0, 0.05) is 38.3 Å². The van der Waals surface area contributed by atoms with Gasteiger partial charge in [0.2, 0.25) is 6.79 Å². The van der Waals surface area contributed by atoms with Gasteiger partial charge in [-0.05, 0) is 47.0 Å². The molecule has 1 saturated heterocycles. The molecule has 8 nitrogen and oxygen atoms in total. The first-order chi connectivity index (χ1) is 18.7. The van der Waals surface area contributed by atoms with Crippen molar-refractivity contribution in [3.8, 4) is 17.2 Å². The second kappa shape index (κ2) is 10.8. The third-order valence-corrected chi connectivity index (χ3v) is 7.36. The fraction of sp³-hybridized carbons (Fsp3) is 0.300. The standard InChI is InChI=1S/C30H32N6O2/c1-22-9-6-10-23(2)27(22)36-30(31-32-33-36)28(25-14-7-15-26-29(25)38-21-37-26)35-19-17-34(18-20-35)16-8-13-24-11-4-3-5-12-24/h3-15,28H,16-21H2,1-2H3. The summed E-state index contributed by atoms with van der Waals surface area (Å²) in [5, 5.41) is 13.2. The number of ether oxygens (including phenoxy) is 2. The SMILES string of the molecule is Cc1cccc(C)c1-n1nnnc1C(c1cccc2c1OCO2)N1CCN(CC=Cc2ccccc2)CC1. The highest BCUT2D eigenvalue weighted by atomic mass is 16.7. The van der Waals surface area contributed by atoms with E-state index in [4.69, 9.17) is 9.47 Å². The van der Waals surface area contributed by atoms with Crippen LogP contribution in [-0.2, 0) is 0 Å². The number of para-hydroxylation sites is 2. The van der Waals surface area contributed by atoms with Gasteiger partial charge in [0.1, 0.15) is 6.04 Å². The molecule has 8 heteroatoms. The molecule has 3 aromatic carbocycles. The van der Waals surface area contributed by atoms with Crippen molar-refractivity contribution in [2.45, 2.75) is 19.9 Å². The van der Waals surface area contributed by atoms with Crippen LogP contribution in [-0.4, -0.2) is 69.5 Å². The van der Waals surface area contributed by atoms with Crippen LogP contribution in [0.25, 0.3) is 11.8 Å². The summed E-state index contributed by atoms with van der Waals surface area (Å²) in [5.74, 6) is 2.33. The molecule has 4 aromatic rings. The molecular weight excluding hydrogens is 476 g/mol. The van der Waals surface area contributed by atoms with Crippen molar-refractivity contribution in [1.29, 1.82) is 0 Å². The average molecular weight is 509 g/mol. The van der Waals surface area contributed by atoms with E-state index in [9.17, 15) is 0 Å². The lowest BCUT2D eigenvalue weighted by Gasteiger charge is -2.38. The first kappa shape index (κ1) is 24.3. The summed E-state index contributed by atoms with van der Waals surface area (Å²) in [6.07, 6.45) is 4.44. The maximum absolute atomic E-state index is 5.96. The van der Waals surface area contributed by atoms with Crippen molar-refractivity contribution in [2.24, 2.45) is 0 Å². The highest BCUT2D eigenvalue weighted by molar-refractivity contribution is 5.53. The largest absolute Gasteiger partial charge is 0.454 e. The number of hydrogen-bond donors (Lipinski definition) is 0.